The fourth-order valence-corrected chi connectivity index (χ4v) is 2.23. The minimum Gasteiger partial charge on any atom is -0.377 e. The first-order valence-electron chi connectivity index (χ1n) is 5.59. The van der Waals surface area contributed by atoms with Gasteiger partial charge in [0.15, 0.2) is 0 Å². The van der Waals surface area contributed by atoms with Gasteiger partial charge in [-0.3, -0.25) is 0 Å². The van der Waals surface area contributed by atoms with Gasteiger partial charge in [0.05, 0.1) is 12.7 Å². The summed E-state index contributed by atoms with van der Waals surface area (Å²) < 4.78 is 32.1. The van der Waals surface area contributed by atoms with Crippen LogP contribution in [0.4, 0.5) is 0 Å². The molecule has 0 atom stereocenters. The van der Waals surface area contributed by atoms with Gasteiger partial charge >= 0.3 is 0 Å². The van der Waals surface area contributed by atoms with E-state index in [1.165, 1.54) is 7.05 Å². The summed E-state index contributed by atoms with van der Waals surface area (Å²) in [5.41, 5.74) is 5.77. The van der Waals surface area contributed by atoms with Gasteiger partial charge in [0.1, 0.15) is 0 Å². The topological polar surface area (TPSA) is 93.5 Å². The van der Waals surface area contributed by atoms with Crippen LogP contribution in [0.15, 0.2) is 0 Å². The van der Waals surface area contributed by atoms with E-state index in [2.05, 4.69) is 9.44 Å². The van der Waals surface area contributed by atoms with Crippen LogP contribution in [-0.2, 0) is 14.9 Å². The standard InChI is InChI=1S/C9H21N3O3S/c1-11-16(13,14)12-6-7-15-9-4-2-8(10)3-5-9/h8-9,11-12H,2-7,10H2,1H3. The van der Waals surface area contributed by atoms with Crippen LogP contribution in [0.1, 0.15) is 25.7 Å². The van der Waals surface area contributed by atoms with Crippen molar-refractivity contribution < 1.29 is 13.2 Å². The van der Waals surface area contributed by atoms with E-state index >= 15 is 0 Å². The molecule has 1 aliphatic rings. The molecule has 0 aromatic carbocycles. The summed E-state index contributed by atoms with van der Waals surface area (Å²) in [5, 5.41) is 0. The lowest BCUT2D eigenvalue weighted by Crippen LogP contribution is -2.37. The smallest absolute Gasteiger partial charge is 0.276 e. The monoisotopic (exact) mass is 251 g/mol. The van der Waals surface area contributed by atoms with Crippen molar-refractivity contribution in [2.24, 2.45) is 5.73 Å². The van der Waals surface area contributed by atoms with Crippen LogP contribution in [0, 0.1) is 0 Å². The van der Waals surface area contributed by atoms with Crippen molar-refractivity contribution >= 4 is 10.2 Å². The molecule has 96 valence electrons. The van der Waals surface area contributed by atoms with Crippen LogP contribution in [0.2, 0.25) is 0 Å². The fourth-order valence-electron chi connectivity index (χ4n) is 1.73. The first kappa shape index (κ1) is 13.9. The normalized spacial score (nSPS) is 26.9. The summed E-state index contributed by atoms with van der Waals surface area (Å²) in [7, 11) is -1.96. The van der Waals surface area contributed by atoms with E-state index in [1.807, 2.05) is 0 Å². The van der Waals surface area contributed by atoms with Crippen LogP contribution >= 0.6 is 0 Å². The van der Waals surface area contributed by atoms with E-state index in [-0.39, 0.29) is 6.10 Å². The Balaban J connectivity index is 2.08. The third-order valence-electron chi connectivity index (χ3n) is 2.74. The van der Waals surface area contributed by atoms with Crippen molar-refractivity contribution in [2.45, 2.75) is 37.8 Å². The summed E-state index contributed by atoms with van der Waals surface area (Å²) in [6, 6.07) is 0.308. The second-order valence-corrected chi connectivity index (χ2v) is 5.71. The average molecular weight is 251 g/mol. The van der Waals surface area contributed by atoms with Crippen molar-refractivity contribution in [3.8, 4) is 0 Å². The van der Waals surface area contributed by atoms with Gasteiger partial charge < -0.3 is 10.5 Å². The van der Waals surface area contributed by atoms with Gasteiger partial charge in [0, 0.05) is 19.6 Å². The van der Waals surface area contributed by atoms with E-state index in [1.54, 1.807) is 0 Å². The Labute approximate surface area is 97.1 Å². The van der Waals surface area contributed by atoms with Crippen molar-refractivity contribution in [2.75, 3.05) is 20.2 Å². The van der Waals surface area contributed by atoms with E-state index in [0.717, 1.165) is 25.7 Å². The van der Waals surface area contributed by atoms with Gasteiger partial charge in [-0.1, -0.05) is 0 Å². The largest absolute Gasteiger partial charge is 0.377 e. The average Bonchev–Trinajstić information content (AvgIpc) is 2.27. The third-order valence-corrected chi connectivity index (χ3v) is 3.86. The lowest BCUT2D eigenvalue weighted by molar-refractivity contribution is 0.0287. The Hall–Kier alpha value is -0.210. The molecule has 1 fully saturated rings. The van der Waals surface area contributed by atoms with E-state index in [9.17, 15) is 8.42 Å². The Morgan fingerprint density at radius 3 is 2.50 bits per heavy atom. The Morgan fingerprint density at radius 2 is 1.94 bits per heavy atom. The number of rotatable bonds is 6. The van der Waals surface area contributed by atoms with Crippen LogP contribution in [-0.4, -0.2) is 40.8 Å². The number of nitrogens with one attached hydrogen (secondary N) is 2. The minimum atomic E-state index is -3.33. The number of hydrogen-bond acceptors (Lipinski definition) is 4. The molecule has 4 N–H and O–H groups in total. The van der Waals surface area contributed by atoms with Crippen molar-refractivity contribution in [3.63, 3.8) is 0 Å². The highest BCUT2D eigenvalue weighted by molar-refractivity contribution is 7.87. The molecule has 0 spiro atoms. The molecule has 1 aliphatic carbocycles. The van der Waals surface area contributed by atoms with Gasteiger partial charge in [-0.15, -0.1) is 0 Å². The first-order chi connectivity index (χ1) is 7.53. The second kappa shape index (κ2) is 6.51. The maximum Gasteiger partial charge on any atom is 0.276 e. The lowest BCUT2D eigenvalue weighted by Gasteiger charge is -2.26. The third kappa shape index (κ3) is 5.22. The van der Waals surface area contributed by atoms with Crippen molar-refractivity contribution in [1.29, 1.82) is 0 Å². The molecular formula is C9H21N3O3S. The molecule has 0 aliphatic heterocycles. The van der Waals surface area contributed by atoms with Gasteiger partial charge in [-0.25, -0.2) is 9.44 Å². The zero-order chi connectivity index (χ0) is 12.0. The zero-order valence-electron chi connectivity index (χ0n) is 9.61. The van der Waals surface area contributed by atoms with E-state index in [4.69, 9.17) is 10.5 Å². The molecule has 0 radical (unpaired) electrons. The molecule has 0 unspecified atom stereocenters. The molecule has 0 amide bonds. The van der Waals surface area contributed by atoms with E-state index < -0.39 is 10.2 Å². The van der Waals surface area contributed by atoms with Gasteiger partial charge in [0.25, 0.3) is 10.2 Å². The Kier molecular flexibility index (Phi) is 5.63. The molecule has 0 aromatic heterocycles. The summed E-state index contributed by atoms with van der Waals surface area (Å²) in [6.07, 6.45) is 4.17. The van der Waals surface area contributed by atoms with Crippen LogP contribution in [0.3, 0.4) is 0 Å². The number of hydrogen-bond donors (Lipinski definition) is 3. The first-order valence-corrected chi connectivity index (χ1v) is 7.07. The Bertz CT molecular complexity index is 286. The van der Waals surface area contributed by atoms with Crippen LogP contribution in [0.5, 0.6) is 0 Å². The van der Waals surface area contributed by atoms with Gasteiger partial charge in [0.2, 0.25) is 0 Å². The summed E-state index contributed by atoms with van der Waals surface area (Å²) in [6.45, 7) is 0.701. The lowest BCUT2D eigenvalue weighted by atomic mass is 9.94. The second-order valence-electron chi connectivity index (χ2n) is 4.01. The summed E-state index contributed by atoms with van der Waals surface area (Å²) in [5.74, 6) is 0. The zero-order valence-corrected chi connectivity index (χ0v) is 10.4. The molecule has 1 rings (SSSR count). The SMILES string of the molecule is CNS(=O)(=O)NCCOC1CCC(N)CC1. The van der Waals surface area contributed by atoms with Crippen LogP contribution in [0.25, 0.3) is 0 Å². The summed E-state index contributed by atoms with van der Waals surface area (Å²) in [4.78, 5) is 0. The van der Waals surface area contributed by atoms with Crippen molar-refractivity contribution in [1.82, 2.24) is 9.44 Å². The molecule has 7 heteroatoms. The highest BCUT2D eigenvalue weighted by atomic mass is 32.2. The maximum atomic E-state index is 11.0. The highest BCUT2D eigenvalue weighted by Crippen LogP contribution is 2.19. The molecule has 16 heavy (non-hydrogen) atoms. The van der Waals surface area contributed by atoms with Gasteiger partial charge in [-0.05, 0) is 25.7 Å². The predicted octanol–water partition coefficient (Wildman–Crippen LogP) is -0.673. The number of nitrogens with two attached hydrogens (primary N) is 1. The predicted molar refractivity (Wildman–Crippen MR) is 62.2 cm³/mol. The summed E-state index contributed by atoms with van der Waals surface area (Å²) >= 11 is 0. The molecule has 6 nitrogen and oxygen atoms in total. The molecular weight excluding hydrogens is 230 g/mol. The molecule has 0 aromatic rings. The molecule has 0 heterocycles. The van der Waals surface area contributed by atoms with E-state index in [0.29, 0.717) is 19.2 Å². The molecule has 0 bridgehead atoms. The van der Waals surface area contributed by atoms with Crippen LogP contribution < -0.4 is 15.2 Å². The van der Waals surface area contributed by atoms with Crippen molar-refractivity contribution in [3.05, 3.63) is 0 Å². The number of ether oxygens (including phenoxy) is 1. The fraction of sp³-hybridized carbons (Fsp3) is 1.00. The minimum absolute atomic E-state index is 0.235. The molecule has 1 saturated carbocycles. The quantitative estimate of drug-likeness (QED) is 0.546. The maximum absolute atomic E-state index is 11.0. The Morgan fingerprint density at radius 1 is 1.31 bits per heavy atom. The van der Waals surface area contributed by atoms with Gasteiger partial charge in [-0.2, -0.15) is 8.42 Å². The highest BCUT2D eigenvalue weighted by Gasteiger charge is 2.18. The molecule has 0 saturated heterocycles.